The Morgan fingerprint density at radius 2 is 1.72 bits per heavy atom. The molecular formula is C18H22N4O3. The van der Waals surface area contributed by atoms with Gasteiger partial charge >= 0.3 is 5.97 Å². The summed E-state index contributed by atoms with van der Waals surface area (Å²) in [5.41, 5.74) is 0.706. The predicted octanol–water partition coefficient (Wildman–Crippen LogP) is 2.58. The number of rotatable bonds is 4. The van der Waals surface area contributed by atoms with Crippen LogP contribution in [-0.4, -0.2) is 49.7 Å². The smallest absolute Gasteiger partial charge is 0.335 e. The van der Waals surface area contributed by atoms with Crippen molar-refractivity contribution in [1.82, 2.24) is 19.7 Å². The second-order valence-electron chi connectivity index (χ2n) is 6.64. The van der Waals surface area contributed by atoms with Crippen LogP contribution in [0.2, 0.25) is 0 Å². The molecule has 3 rings (SSSR count). The fourth-order valence-electron chi connectivity index (χ4n) is 3.22. The van der Waals surface area contributed by atoms with Crippen molar-refractivity contribution in [3.8, 4) is 0 Å². The highest BCUT2D eigenvalue weighted by Gasteiger charge is 2.27. The van der Waals surface area contributed by atoms with Gasteiger partial charge in [0.05, 0.1) is 5.56 Å². The second kappa shape index (κ2) is 7.04. The van der Waals surface area contributed by atoms with Gasteiger partial charge in [-0.2, -0.15) is 0 Å². The third-order valence-electron chi connectivity index (χ3n) is 4.68. The average molecular weight is 342 g/mol. The molecule has 7 nitrogen and oxygen atoms in total. The molecule has 25 heavy (non-hydrogen) atoms. The molecule has 0 spiro atoms. The van der Waals surface area contributed by atoms with Gasteiger partial charge in [-0.05, 0) is 51.0 Å². The van der Waals surface area contributed by atoms with Crippen LogP contribution in [0.15, 0.2) is 30.6 Å². The number of carbonyl (C=O) groups excluding carboxylic acids is 1. The molecule has 1 amide bonds. The minimum Gasteiger partial charge on any atom is -0.478 e. The summed E-state index contributed by atoms with van der Waals surface area (Å²) in [5.74, 6) is 0.256. The van der Waals surface area contributed by atoms with E-state index in [9.17, 15) is 9.59 Å². The molecule has 1 saturated heterocycles. The zero-order valence-electron chi connectivity index (χ0n) is 14.4. The molecule has 1 aliphatic heterocycles. The van der Waals surface area contributed by atoms with Gasteiger partial charge < -0.3 is 14.6 Å². The Kier molecular flexibility index (Phi) is 4.83. The van der Waals surface area contributed by atoms with E-state index in [0.29, 0.717) is 30.6 Å². The van der Waals surface area contributed by atoms with E-state index in [1.165, 1.54) is 12.1 Å². The van der Waals surface area contributed by atoms with Gasteiger partial charge in [-0.3, -0.25) is 4.79 Å². The summed E-state index contributed by atoms with van der Waals surface area (Å²) < 4.78 is 2.09. The number of aromatic nitrogens is 3. The third kappa shape index (κ3) is 3.55. The van der Waals surface area contributed by atoms with E-state index < -0.39 is 5.97 Å². The number of hydrogen-bond acceptors (Lipinski definition) is 4. The van der Waals surface area contributed by atoms with Gasteiger partial charge in [0.15, 0.2) is 0 Å². The van der Waals surface area contributed by atoms with Crippen molar-refractivity contribution in [3.63, 3.8) is 0 Å². The molecule has 2 aromatic rings. The predicted molar refractivity (Wildman–Crippen MR) is 91.7 cm³/mol. The molecule has 1 aliphatic rings. The van der Waals surface area contributed by atoms with Crippen LogP contribution in [0.25, 0.3) is 0 Å². The van der Waals surface area contributed by atoms with E-state index in [1.54, 1.807) is 18.5 Å². The largest absolute Gasteiger partial charge is 0.478 e. The fraction of sp³-hybridized carbons (Fsp3) is 0.444. The van der Waals surface area contributed by atoms with Gasteiger partial charge in [-0.1, -0.05) is 0 Å². The van der Waals surface area contributed by atoms with Crippen LogP contribution in [0, 0.1) is 0 Å². The van der Waals surface area contributed by atoms with Gasteiger partial charge in [0.25, 0.3) is 5.91 Å². The molecule has 1 fully saturated rings. The highest BCUT2D eigenvalue weighted by molar-refractivity contribution is 5.96. The first-order valence-electron chi connectivity index (χ1n) is 8.49. The summed E-state index contributed by atoms with van der Waals surface area (Å²) >= 11 is 0. The quantitative estimate of drug-likeness (QED) is 0.922. The maximum atomic E-state index is 12.6. The molecule has 0 radical (unpaired) electrons. The Bertz CT molecular complexity index is 759. The maximum Gasteiger partial charge on any atom is 0.335 e. The summed E-state index contributed by atoms with van der Waals surface area (Å²) in [6.07, 6.45) is 3.47. The van der Waals surface area contributed by atoms with Crippen LogP contribution in [-0.2, 0) is 0 Å². The zero-order valence-corrected chi connectivity index (χ0v) is 14.4. The molecule has 0 bridgehead atoms. The van der Waals surface area contributed by atoms with Crippen molar-refractivity contribution >= 4 is 11.9 Å². The van der Waals surface area contributed by atoms with Crippen molar-refractivity contribution in [2.45, 2.75) is 38.6 Å². The van der Waals surface area contributed by atoms with Crippen LogP contribution in [0.3, 0.4) is 0 Å². The van der Waals surface area contributed by atoms with Gasteiger partial charge in [0.2, 0.25) is 0 Å². The van der Waals surface area contributed by atoms with Crippen molar-refractivity contribution in [2.75, 3.05) is 13.1 Å². The minimum absolute atomic E-state index is 0.0549. The van der Waals surface area contributed by atoms with E-state index in [1.807, 2.05) is 4.90 Å². The van der Waals surface area contributed by atoms with E-state index in [0.717, 1.165) is 18.7 Å². The highest BCUT2D eigenvalue weighted by Crippen LogP contribution is 2.28. The van der Waals surface area contributed by atoms with Gasteiger partial charge in [-0.15, -0.1) is 10.2 Å². The first kappa shape index (κ1) is 17.1. The number of carboxylic acid groups (broad SMARTS) is 1. The summed E-state index contributed by atoms with van der Waals surface area (Å²) in [4.78, 5) is 25.3. The normalized spacial score (nSPS) is 15.6. The summed E-state index contributed by atoms with van der Waals surface area (Å²) in [6.45, 7) is 5.53. The summed E-state index contributed by atoms with van der Waals surface area (Å²) in [5, 5.41) is 17.2. The van der Waals surface area contributed by atoms with Crippen molar-refractivity contribution in [3.05, 3.63) is 47.5 Å². The van der Waals surface area contributed by atoms with E-state index in [4.69, 9.17) is 5.11 Å². The van der Waals surface area contributed by atoms with Crippen LogP contribution in [0.1, 0.15) is 65.2 Å². The standard InChI is InChI=1S/C18H22N4O3/c1-12(2)22-11-19-20-16(22)13-7-9-21(10-8-13)17(23)14-3-5-15(6-4-14)18(24)25/h3-6,11-13H,7-10H2,1-2H3,(H,24,25). The Balaban J connectivity index is 1.64. The first-order valence-corrected chi connectivity index (χ1v) is 8.49. The number of carboxylic acids is 1. The molecule has 1 N–H and O–H groups in total. The molecule has 0 atom stereocenters. The topological polar surface area (TPSA) is 88.3 Å². The number of likely N-dealkylation sites (tertiary alicyclic amines) is 1. The van der Waals surface area contributed by atoms with Crippen LogP contribution in [0.4, 0.5) is 0 Å². The molecule has 0 aliphatic carbocycles. The molecule has 7 heteroatoms. The van der Waals surface area contributed by atoms with Gasteiger partial charge in [0.1, 0.15) is 12.2 Å². The SMILES string of the molecule is CC(C)n1cnnc1C1CCN(C(=O)c2ccc(C(=O)O)cc2)CC1. The van der Waals surface area contributed by atoms with E-state index >= 15 is 0 Å². The fourth-order valence-corrected chi connectivity index (χ4v) is 3.22. The number of aromatic carboxylic acids is 1. The van der Waals surface area contributed by atoms with Crippen LogP contribution in [0.5, 0.6) is 0 Å². The number of benzene rings is 1. The number of hydrogen-bond donors (Lipinski definition) is 1. The summed E-state index contributed by atoms with van der Waals surface area (Å²) in [6, 6.07) is 6.40. The van der Waals surface area contributed by atoms with E-state index in [2.05, 4.69) is 28.6 Å². The lowest BCUT2D eigenvalue weighted by Gasteiger charge is -2.32. The average Bonchev–Trinajstić information content (AvgIpc) is 3.11. The Morgan fingerprint density at radius 3 is 2.28 bits per heavy atom. The molecular weight excluding hydrogens is 320 g/mol. The minimum atomic E-state index is -0.992. The molecule has 0 saturated carbocycles. The molecule has 132 valence electrons. The first-order chi connectivity index (χ1) is 12.0. The van der Waals surface area contributed by atoms with Gasteiger partial charge in [-0.25, -0.2) is 4.79 Å². The number of piperidine rings is 1. The number of nitrogens with zero attached hydrogens (tertiary/aromatic N) is 4. The lowest BCUT2D eigenvalue weighted by Crippen LogP contribution is -2.38. The molecule has 0 unspecified atom stereocenters. The van der Waals surface area contributed by atoms with Crippen molar-refractivity contribution in [2.24, 2.45) is 0 Å². The van der Waals surface area contributed by atoms with E-state index in [-0.39, 0.29) is 11.5 Å². The zero-order chi connectivity index (χ0) is 18.0. The molecule has 1 aromatic carbocycles. The van der Waals surface area contributed by atoms with Gasteiger partial charge in [0, 0.05) is 30.6 Å². The Hall–Kier alpha value is -2.70. The molecule has 2 heterocycles. The summed E-state index contributed by atoms with van der Waals surface area (Å²) in [7, 11) is 0. The molecule has 1 aromatic heterocycles. The number of amides is 1. The number of carbonyl (C=O) groups is 2. The second-order valence-corrected chi connectivity index (χ2v) is 6.64. The van der Waals surface area contributed by atoms with Crippen molar-refractivity contribution < 1.29 is 14.7 Å². The third-order valence-corrected chi connectivity index (χ3v) is 4.68. The maximum absolute atomic E-state index is 12.6. The Labute approximate surface area is 146 Å². The Morgan fingerprint density at radius 1 is 1.12 bits per heavy atom. The van der Waals surface area contributed by atoms with Crippen LogP contribution >= 0.6 is 0 Å². The van der Waals surface area contributed by atoms with Crippen molar-refractivity contribution in [1.29, 1.82) is 0 Å². The van der Waals surface area contributed by atoms with Crippen LogP contribution < -0.4 is 0 Å². The highest BCUT2D eigenvalue weighted by atomic mass is 16.4. The monoisotopic (exact) mass is 342 g/mol. The lowest BCUT2D eigenvalue weighted by molar-refractivity contribution is 0.0688. The lowest BCUT2D eigenvalue weighted by atomic mass is 9.95.